The number of halogens is 1. The maximum atomic E-state index is 13.9. The molecule has 1 N–H and O–H groups in total. The van der Waals surface area contributed by atoms with Gasteiger partial charge in [-0.05, 0) is 74.5 Å². The molecule has 10 heteroatoms. The van der Waals surface area contributed by atoms with Crippen molar-refractivity contribution in [2.45, 2.75) is 58.4 Å². The van der Waals surface area contributed by atoms with Gasteiger partial charge in [-0.3, -0.25) is 4.79 Å². The summed E-state index contributed by atoms with van der Waals surface area (Å²) in [5.41, 5.74) is 3.22. The van der Waals surface area contributed by atoms with Gasteiger partial charge in [0, 0.05) is 38.1 Å². The highest BCUT2D eigenvalue weighted by atomic mass is 19.1. The van der Waals surface area contributed by atoms with Crippen LogP contribution in [0.15, 0.2) is 42.7 Å². The van der Waals surface area contributed by atoms with E-state index in [-0.39, 0.29) is 11.7 Å². The fourth-order valence-corrected chi connectivity index (χ4v) is 5.05. The van der Waals surface area contributed by atoms with E-state index >= 15 is 0 Å². The molecule has 0 spiro atoms. The molecule has 8 nitrogen and oxygen atoms in total. The molecule has 2 aliphatic heterocycles. The normalized spacial score (nSPS) is 18.0. The monoisotopic (exact) mass is 520 g/mol. The van der Waals surface area contributed by atoms with Crippen LogP contribution in [0.3, 0.4) is 0 Å². The van der Waals surface area contributed by atoms with E-state index in [0.29, 0.717) is 31.6 Å². The Labute approximate surface area is 223 Å². The Morgan fingerprint density at radius 1 is 1.11 bits per heavy atom. The lowest BCUT2D eigenvalue weighted by Gasteiger charge is -2.32. The first-order valence-corrected chi connectivity index (χ1v) is 12.8. The molecule has 200 valence electrons. The van der Waals surface area contributed by atoms with Crippen molar-refractivity contribution < 1.29 is 23.2 Å². The van der Waals surface area contributed by atoms with Crippen molar-refractivity contribution in [3.63, 3.8) is 0 Å². The van der Waals surface area contributed by atoms with Crippen molar-refractivity contribution in [1.82, 2.24) is 14.5 Å². The Hall–Kier alpha value is -3.37. The van der Waals surface area contributed by atoms with Crippen LogP contribution in [0, 0.1) is 5.82 Å². The summed E-state index contributed by atoms with van der Waals surface area (Å²) in [4.78, 5) is 20.0. The molecular weight excluding hydrogens is 486 g/mol. The van der Waals surface area contributed by atoms with E-state index in [2.05, 4.69) is 16.4 Å². The predicted octanol–water partition coefficient (Wildman–Crippen LogP) is 3.62. The van der Waals surface area contributed by atoms with Crippen molar-refractivity contribution in [3.05, 3.63) is 70.8 Å². The molecule has 5 rings (SSSR count). The zero-order valence-corrected chi connectivity index (χ0v) is 22.8. The number of hydrogen-bond acceptors (Lipinski definition) is 6. The van der Waals surface area contributed by atoms with E-state index in [9.17, 15) is 9.18 Å². The number of rotatable bonds is 7. The topological polar surface area (TPSA) is 77.8 Å². The average Bonchev–Trinajstić information content (AvgIpc) is 3.41. The number of ether oxygens (including phenoxy) is 1. The minimum absolute atomic E-state index is 0.0753. The highest BCUT2D eigenvalue weighted by Crippen LogP contribution is 2.37. The van der Waals surface area contributed by atoms with Gasteiger partial charge < -0.3 is 28.8 Å². The van der Waals surface area contributed by atoms with E-state index in [1.54, 1.807) is 23.2 Å². The van der Waals surface area contributed by atoms with Gasteiger partial charge in [-0.2, -0.15) is 0 Å². The van der Waals surface area contributed by atoms with E-state index in [1.807, 2.05) is 51.6 Å². The van der Waals surface area contributed by atoms with Crippen LogP contribution in [0.1, 0.15) is 54.7 Å². The summed E-state index contributed by atoms with van der Waals surface area (Å²) in [5.74, 6) is 0.397. The minimum atomic E-state index is -0.582. The summed E-state index contributed by atoms with van der Waals surface area (Å²) >= 11 is 0. The lowest BCUT2D eigenvalue weighted by Crippen LogP contribution is -2.44. The third-order valence-corrected chi connectivity index (χ3v) is 7.88. The van der Waals surface area contributed by atoms with E-state index in [0.717, 1.165) is 28.1 Å². The highest BCUT2D eigenvalue weighted by molar-refractivity contribution is 6.63. The fourth-order valence-electron chi connectivity index (χ4n) is 5.05. The Morgan fingerprint density at radius 2 is 1.84 bits per heavy atom. The smallest absolute Gasteiger partial charge is 0.494 e. The molecule has 1 amide bonds. The van der Waals surface area contributed by atoms with Crippen LogP contribution in [0.25, 0.3) is 0 Å². The Balaban J connectivity index is 1.52. The molecule has 1 fully saturated rings. The number of nitrogens with zero attached hydrogens (tertiary/aromatic N) is 3. The van der Waals surface area contributed by atoms with E-state index < -0.39 is 24.1 Å². The molecule has 1 saturated heterocycles. The molecule has 2 aromatic carbocycles. The molecule has 3 heterocycles. The lowest BCUT2D eigenvalue weighted by atomic mass is 9.72. The van der Waals surface area contributed by atoms with E-state index in [4.69, 9.17) is 14.0 Å². The third kappa shape index (κ3) is 4.67. The summed E-state index contributed by atoms with van der Waals surface area (Å²) in [6.07, 6.45) is 4.30. The number of nitrogens with one attached hydrogen (secondary N) is 1. The molecule has 1 aromatic heterocycles. The van der Waals surface area contributed by atoms with Gasteiger partial charge >= 0.3 is 7.12 Å². The standard InChI is InChI=1S/C28H34BFN4O4/c1-27(2)28(3,4)38-29(37-27)22-14-19(17-34-12-10-32-26(34)31-5)13-21-20(22)9-11-33(25(21)35)16-18-7-8-23(30)24(15-18)36-6/h7-8,10,12-15H,9,11,16-17H2,1-6H3,(H,31,32). The molecule has 0 atom stereocenters. The first-order valence-electron chi connectivity index (χ1n) is 12.8. The number of methoxy groups -OCH3 is 1. The first-order chi connectivity index (χ1) is 18.0. The van der Waals surface area contributed by atoms with E-state index in [1.165, 1.54) is 13.2 Å². The quantitative estimate of drug-likeness (QED) is 0.480. The lowest BCUT2D eigenvalue weighted by molar-refractivity contribution is 0.00578. The predicted molar refractivity (Wildman–Crippen MR) is 144 cm³/mol. The molecule has 0 saturated carbocycles. The molecule has 0 unspecified atom stereocenters. The molecule has 0 bridgehead atoms. The van der Waals surface area contributed by atoms with Gasteiger partial charge in [-0.25, -0.2) is 9.37 Å². The zero-order valence-electron chi connectivity index (χ0n) is 22.8. The van der Waals surface area contributed by atoms with Gasteiger partial charge in [-0.1, -0.05) is 12.1 Å². The zero-order chi connectivity index (χ0) is 27.2. The number of imidazole rings is 1. The Bertz CT molecular complexity index is 1360. The maximum Gasteiger partial charge on any atom is 0.495 e. The average molecular weight is 520 g/mol. The van der Waals surface area contributed by atoms with Crippen LogP contribution in [0.4, 0.5) is 10.3 Å². The van der Waals surface area contributed by atoms with Crippen LogP contribution >= 0.6 is 0 Å². The number of hydrogen-bond donors (Lipinski definition) is 1. The second-order valence-corrected chi connectivity index (χ2v) is 10.9. The largest absolute Gasteiger partial charge is 0.495 e. The number of carbonyl (C=O) groups excluding carboxylic acids is 1. The number of aromatic nitrogens is 2. The van der Waals surface area contributed by atoms with Gasteiger partial charge in [0.05, 0.1) is 24.9 Å². The molecule has 38 heavy (non-hydrogen) atoms. The highest BCUT2D eigenvalue weighted by Gasteiger charge is 2.52. The van der Waals surface area contributed by atoms with Crippen molar-refractivity contribution in [2.75, 3.05) is 26.0 Å². The van der Waals surface area contributed by atoms with Crippen LogP contribution < -0.4 is 15.5 Å². The molecule has 3 aromatic rings. The van der Waals surface area contributed by atoms with Gasteiger partial charge in [-0.15, -0.1) is 0 Å². The van der Waals surface area contributed by atoms with Crippen molar-refractivity contribution in [3.8, 4) is 5.75 Å². The first kappa shape index (κ1) is 26.3. The summed E-state index contributed by atoms with van der Waals surface area (Å²) in [6, 6.07) is 8.75. The van der Waals surface area contributed by atoms with Crippen LogP contribution in [0.2, 0.25) is 0 Å². The molecule has 0 aliphatic carbocycles. The Morgan fingerprint density at radius 3 is 2.53 bits per heavy atom. The van der Waals surface area contributed by atoms with Crippen LogP contribution in [0.5, 0.6) is 5.75 Å². The second-order valence-electron chi connectivity index (χ2n) is 10.9. The molecular formula is C28H34BFN4O4. The summed E-state index contributed by atoms with van der Waals surface area (Å²) in [6.45, 7) is 9.52. The van der Waals surface area contributed by atoms with Crippen LogP contribution in [-0.2, 0) is 28.8 Å². The second kappa shape index (κ2) is 9.74. The van der Waals surface area contributed by atoms with Gasteiger partial charge in [0.15, 0.2) is 11.6 Å². The number of amides is 1. The van der Waals surface area contributed by atoms with Crippen molar-refractivity contribution >= 4 is 24.4 Å². The third-order valence-electron chi connectivity index (χ3n) is 7.88. The minimum Gasteiger partial charge on any atom is -0.494 e. The SMILES string of the molecule is CNc1nccn1Cc1cc(B2OC(C)(C)C(C)(C)O2)c2c(c1)C(=O)N(Cc1ccc(F)c(OC)c1)CC2. The number of carbonyl (C=O) groups is 1. The summed E-state index contributed by atoms with van der Waals surface area (Å²) < 4.78 is 33.9. The fraction of sp³-hybridized carbons (Fsp3) is 0.429. The number of anilines is 1. The van der Waals surface area contributed by atoms with Gasteiger partial charge in [0.2, 0.25) is 5.95 Å². The molecule has 2 aliphatic rings. The number of fused-ring (bicyclic) bond motifs is 1. The summed E-state index contributed by atoms with van der Waals surface area (Å²) in [5, 5.41) is 3.10. The van der Waals surface area contributed by atoms with Crippen molar-refractivity contribution in [2.24, 2.45) is 0 Å². The Kier molecular flexibility index (Phi) is 6.73. The van der Waals surface area contributed by atoms with Crippen molar-refractivity contribution in [1.29, 1.82) is 0 Å². The molecule has 0 radical (unpaired) electrons. The van der Waals surface area contributed by atoms with Crippen LogP contribution in [-0.4, -0.2) is 59.4 Å². The van der Waals surface area contributed by atoms with Gasteiger partial charge in [0.25, 0.3) is 5.91 Å². The van der Waals surface area contributed by atoms with Gasteiger partial charge in [0.1, 0.15) is 0 Å². The summed E-state index contributed by atoms with van der Waals surface area (Å²) in [7, 11) is 2.68. The maximum absolute atomic E-state index is 13.9. The number of benzene rings is 2.